The maximum Gasteiger partial charge on any atom is 0.284 e. The van der Waals surface area contributed by atoms with Crippen LogP contribution in [-0.4, -0.2) is 29.4 Å². The molecule has 1 aliphatic heterocycles. The van der Waals surface area contributed by atoms with Crippen molar-refractivity contribution >= 4 is 22.9 Å². The second-order valence-electron chi connectivity index (χ2n) is 5.84. The average molecular weight is 335 g/mol. The maximum atomic E-state index is 12.2. The van der Waals surface area contributed by atoms with Gasteiger partial charge in [-0.15, -0.1) is 0 Å². The van der Waals surface area contributed by atoms with Gasteiger partial charge in [0.15, 0.2) is 11.5 Å². The van der Waals surface area contributed by atoms with E-state index in [9.17, 15) is 4.79 Å². The van der Waals surface area contributed by atoms with Crippen LogP contribution in [0, 0.1) is 0 Å². The van der Waals surface area contributed by atoms with E-state index in [1.54, 1.807) is 6.21 Å². The third-order valence-corrected chi connectivity index (χ3v) is 4.12. The SMILES string of the molecule is Cn1cccc1/C=N/NC(=O)[C@@H]1COc2cc3ccccc3cc2O1. The lowest BCUT2D eigenvalue weighted by molar-refractivity contribution is -0.130. The quantitative estimate of drug-likeness (QED) is 0.591. The molecule has 0 saturated carbocycles. The smallest absolute Gasteiger partial charge is 0.284 e. The summed E-state index contributed by atoms with van der Waals surface area (Å²) in [4.78, 5) is 12.2. The first-order chi connectivity index (χ1) is 12.2. The van der Waals surface area contributed by atoms with Gasteiger partial charge in [0.1, 0.15) is 6.61 Å². The van der Waals surface area contributed by atoms with Gasteiger partial charge in [-0.3, -0.25) is 4.79 Å². The molecule has 0 bridgehead atoms. The van der Waals surface area contributed by atoms with E-state index >= 15 is 0 Å². The molecular weight excluding hydrogens is 318 g/mol. The first-order valence-corrected chi connectivity index (χ1v) is 7.97. The Kier molecular flexibility index (Phi) is 3.85. The van der Waals surface area contributed by atoms with Gasteiger partial charge in [-0.05, 0) is 35.0 Å². The zero-order chi connectivity index (χ0) is 17.2. The lowest BCUT2D eigenvalue weighted by Crippen LogP contribution is -2.42. The van der Waals surface area contributed by atoms with E-state index in [4.69, 9.17) is 9.47 Å². The van der Waals surface area contributed by atoms with Crippen molar-refractivity contribution in [3.8, 4) is 11.5 Å². The van der Waals surface area contributed by atoms with E-state index in [0.717, 1.165) is 16.5 Å². The number of aromatic nitrogens is 1. The Morgan fingerprint density at radius 3 is 2.68 bits per heavy atom. The van der Waals surface area contributed by atoms with Crippen LogP contribution in [0.1, 0.15) is 5.69 Å². The Bertz CT molecular complexity index is 961. The summed E-state index contributed by atoms with van der Waals surface area (Å²) in [6.07, 6.45) is 2.75. The topological polar surface area (TPSA) is 64.9 Å². The van der Waals surface area contributed by atoms with Crippen molar-refractivity contribution in [2.45, 2.75) is 6.10 Å². The van der Waals surface area contributed by atoms with Crippen LogP contribution < -0.4 is 14.9 Å². The number of hydrogen-bond donors (Lipinski definition) is 1. The summed E-state index contributed by atoms with van der Waals surface area (Å²) < 4.78 is 13.4. The summed E-state index contributed by atoms with van der Waals surface area (Å²) in [7, 11) is 1.91. The molecule has 2 aromatic carbocycles. The minimum absolute atomic E-state index is 0.150. The van der Waals surface area contributed by atoms with Crippen LogP contribution in [0.5, 0.6) is 11.5 Å². The predicted octanol–water partition coefficient (Wildman–Crippen LogP) is 2.47. The van der Waals surface area contributed by atoms with Crippen LogP contribution in [0.4, 0.5) is 0 Å². The molecule has 6 heteroatoms. The lowest BCUT2D eigenvalue weighted by atomic mass is 10.1. The summed E-state index contributed by atoms with van der Waals surface area (Å²) >= 11 is 0. The highest BCUT2D eigenvalue weighted by atomic mass is 16.6. The third kappa shape index (κ3) is 3.06. The molecule has 6 nitrogen and oxygen atoms in total. The summed E-state index contributed by atoms with van der Waals surface area (Å²) in [6.45, 7) is 0.150. The third-order valence-electron chi connectivity index (χ3n) is 4.12. The molecule has 126 valence electrons. The first-order valence-electron chi connectivity index (χ1n) is 7.97. The summed E-state index contributed by atoms with van der Waals surface area (Å²) in [5.41, 5.74) is 3.38. The number of amides is 1. The van der Waals surface area contributed by atoms with Crippen LogP contribution in [0.25, 0.3) is 10.8 Å². The van der Waals surface area contributed by atoms with Gasteiger partial charge < -0.3 is 14.0 Å². The zero-order valence-corrected chi connectivity index (χ0v) is 13.7. The molecule has 0 spiro atoms. The number of hydrazone groups is 1. The van der Waals surface area contributed by atoms with Crippen LogP contribution >= 0.6 is 0 Å². The zero-order valence-electron chi connectivity index (χ0n) is 13.7. The summed E-state index contributed by atoms with van der Waals surface area (Å²) in [5.74, 6) is 0.871. The number of hydrogen-bond acceptors (Lipinski definition) is 4. The molecule has 1 N–H and O–H groups in total. The van der Waals surface area contributed by atoms with E-state index in [2.05, 4.69) is 10.5 Å². The van der Waals surface area contributed by atoms with E-state index in [1.165, 1.54) is 0 Å². The molecule has 1 aromatic heterocycles. The molecule has 25 heavy (non-hydrogen) atoms. The Morgan fingerprint density at radius 1 is 1.20 bits per heavy atom. The minimum Gasteiger partial charge on any atom is -0.485 e. The van der Waals surface area contributed by atoms with Crippen molar-refractivity contribution in [1.82, 2.24) is 9.99 Å². The van der Waals surface area contributed by atoms with Crippen LogP contribution in [0.2, 0.25) is 0 Å². The number of rotatable bonds is 3. The normalized spacial score (nSPS) is 16.3. The molecule has 3 aromatic rings. The highest BCUT2D eigenvalue weighted by molar-refractivity contribution is 5.87. The number of ether oxygens (including phenoxy) is 2. The summed E-state index contributed by atoms with van der Waals surface area (Å²) in [5, 5.41) is 6.08. The fourth-order valence-electron chi connectivity index (χ4n) is 2.73. The van der Waals surface area contributed by atoms with Gasteiger partial charge in [-0.1, -0.05) is 24.3 Å². The second kappa shape index (κ2) is 6.32. The number of carbonyl (C=O) groups is 1. The highest BCUT2D eigenvalue weighted by Crippen LogP contribution is 2.35. The largest absolute Gasteiger partial charge is 0.485 e. The van der Waals surface area contributed by atoms with E-state index in [1.807, 2.05) is 66.3 Å². The van der Waals surface area contributed by atoms with Crippen molar-refractivity contribution < 1.29 is 14.3 Å². The van der Waals surface area contributed by atoms with Crippen LogP contribution in [0.15, 0.2) is 59.8 Å². The molecule has 1 atom stereocenters. The van der Waals surface area contributed by atoms with Gasteiger partial charge in [0.05, 0.1) is 11.9 Å². The van der Waals surface area contributed by atoms with Crippen LogP contribution in [-0.2, 0) is 11.8 Å². The van der Waals surface area contributed by atoms with Crippen molar-refractivity contribution in [1.29, 1.82) is 0 Å². The lowest BCUT2D eigenvalue weighted by Gasteiger charge is -2.25. The summed E-state index contributed by atoms with van der Waals surface area (Å²) in [6, 6.07) is 15.5. The standard InChI is InChI=1S/C19H17N3O3/c1-22-8-4-7-15(22)11-20-21-19(23)18-12-24-16-9-13-5-2-3-6-14(13)10-17(16)25-18/h2-11,18H,12H2,1H3,(H,21,23)/b20-11+/t18-/m0/s1. The van der Waals surface area contributed by atoms with Gasteiger partial charge in [-0.2, -0.15) is 5.10 Å². The molecule has 0 radical (unpaired) electrons. The maximum absolute atomic E-state index is 12.2. The number of fused-ring (bicyclic) bond motifs is 2. The highest BCUT2D eigenvalue weighted by Gasteiger charge is 2.27. The Labute approximate surface area is 144 Å². The molecule has 0 fully saturated rings. The molecule has 2 heterocycles. The Balaban J connectivity index is 1.46. The number of nitrogens with one attached hydrogen (secondary N) is 1. The van der Waals surface area contributed by atoms with Crippen LogP contribution in [0.3, 0.4) is 0 Å². The van der Waals surface area contributed by atoms with Gasteiger partial charge >= 0.3 is 0 Å². The fourth-order valence-corrected chi connectivity index (χ4v) is 2.73. The Morgan fingerprint density at radius 2 is 1.96 bits per heavy atom. The van der Waals surface area contributed by atoms with Crippen molar-refractivity contribution in [3.63, 3.8) is 0 Å². The Hall–Kier alpha value is -3.28. The number of benzene rings is 2. The average Bonchev–Trinajstić information content (AvgIpc) is 3.04. The molecule has 4 rings (SSSR count). The minimum atomic E-state index is -0.737. The second-order valence-corrected chi connectivity index (χ2v) is 5.84. The molecule has 0 saturated heterocycles. The van der Waals surface area contributed by atoms with Gasteiger partial charge in [0, 0.05) is 13.2 Å². The predicted molar refractivity (Wildman–Crippen MR) is 95.0 cm³/mol. The number of nitrogens with zero attached hydrogens (tertiary/aromatic N) is 2. The number of carbonyl (C=O) groups excluding carboxylic acids is 1. The molecular formula is C19H17N3O3. The number of aryl methyl sites for hydroxylation is 1. The molecule has 0 aliphatic carbocycles. The molecule has 1 aliphatic rings. The molecule has 0 unspecified atom stereocenters. The fraction of sp³-hybridized carbons (Fsp3) is 0.158. The van der Waals surface area contributed by atoms with E-state index in [-0.39, 0.29) is 12.5 Å². The van der Waals surface area contributed by atoms with Gasteiger partial charge in [-0.25, -0.2) is 5.43 Å². The van der Waals surface area contributed by atoms with Crippen molar-refractivity contribution in [3.05, 3.63) is 60.4 Å². The van der Waals surface area contributed by atoms with Gasteiger partial charge in [0.2, 0.25) is 6.10 Å². The van der Waals surface area contributed by atoms with E-state index < -0.39 is 6.10 Å². The first kappa shape index (κ1) is 15.3. The molecule has 1 amide bonds. The van der Waals surface area contributed by atoms with Crippen molar-refractivity contribution in [2.75, 3.05) is 6.61 Å². The monoisotopic (exact) mass is 335 g/mol. The van der Waals surface area contributed by atoms with E-state index in [0.29, 0.717) is 11.5 Å². The van der Waals surface area contributed by atoms with Crippen molar-refractivity contribution in [2.24, 2.45) is 12.1 Å². The van der Waals surface area contributed by atoms with Gasteiger partial charge in [0.25, 0.3) is 5.91 Å².